The van der Waals surface area contributed by atoms with Crippen LogP contribution in [0.4, 0.5) is 17.5 Å². The molecule has 2 aliphatic rings. The fourth-order valence-electron chi connectivity index (χ4n) is 3.35. The van der Waals surface area contributed by atoms with E-state index in [1.807, 2.05) is 47.9 Å². The van der Waals surface area contributed by atoms with Gasteiger partial charge in [-0.25, -0.2) is 4.98 Å². The van der Waals surface area contributed by atoms with Crippen LogP contribution in [0, 0.1) is 0 Å². The van der Waals surface area contributed by atoms with E-state index in [0.29, 0.717) is 23.9 Å². The summed E-state index contributed by atoms with van der Waals surface area (Å²) in [6.45, 7) is 6.19. The van der Waals surface area contributed by atoms with E-state index in [0.717, 1.165) is 30.8 Å². The Bertz CT molecular complexity index is 850. The first-order chi connectivity index (χ1) is 13.5. The molecule has 8 nitrogen and oxygen atoms in total. The highest BCUT2D eigenvalue weighted by Crippen LogP contribution is 2.27. The molecule has 0 amide bonds. The third kappa shape index (κ3) is 4.27. The van der Waals surface area contributed by atoms with Crippen molar-refractivity contribution in [2.24, 2.45) is 0 Å². The first kappa shape index (κ1) is 18.3. The molecule has 1 fully saturated rings. The van der Waals surface area contributed by atoms with Gasteiger partial charge in [0.2, 0.25) is 5.89 Å². The van der Waals surface area contributed by atoms with Crippen molar-refractivity contribution in [2.45, 2.75) is 57.5 Å². The molecule has 28 heavy (non-hydrogen) atoms. The number of hydrogen-bond acceptors (Lipinski definition) is 8. The largest absolute Gasteiger partial charge is 0.367 e. The van der Waals surface area contributed by atoms with Gasteiger partial charge in [0.05, 0.1) is 11.9 Å². The number of rotatable bonds is 5. The lowest BCUT2D eigenvalue weighted by Crippen LogP contribution is -2.30. The number of hydrazine groups is 1. The van der Waals surface area contributed by atoms with Gasteiger partial charge in [0.25, 0.3) is 5.95 Å². The van der Waals surface area contributed by atoms with Gasteiger partial charge >= 0.3 is 0 Å². The Morgan fingerprint density at radius 2 is 1.96 bits per heavy atom. The molecule has 148 valence electrons. The zero-order valence-corrected chi connectivity index (χ0v) is 16.5. The molecule has 0 spiro atoms. The number of anilines is 3. The van der Waals surface area contributed by atoms with Crippen molar-refractivity contribution in [3.05, 3.63) is 48.8 Å². The van der Waals surface area contributed by atoms with Gasteiger partial charge in [-0.3, -0.25) is 5.01 Å². The SMILES string of the molecule is CC(C)(C)c1nc(N[C@H]2CC[C@H](Nc3ccc(N4C=CC=CN4)cn3)C2)no1. The van der Waals surface area contributed by atoms with Crippen LogP contribution in [-0.2, 0) is 5.41 Å². The number of nitrogens with one attached hydrogen (secondary N) is 3. The van der Waals surface area contributed by atoms with Gasteiger partial charge < -0.3 is 20.6 Å². The molecule has 3 heterocycles. The second kappa shape index (κ2) is 7.53. The molecule has 3 N–H and O–H groups in total. The maximum Gasteiger partial charge on any atom is 0.263 e. The van der Waals surface area contributed by atoms with Gasteiger partial charge in [0.15, 0.2) is 0 Å². The van der Waals surface area contributed by atoms with Crippen molar-refractivity contribution >= 4 is 17.5 Å². The summed E-state index contributed by atoms with van der Waals surface area (Å²) in [4.78, 5) is 9.01. The molecular formula is C20H27N7O. The van der Waals surface area contributed by atoms with Crippen LogP contribution < -0.4 is 21.1 Å². The smallest absolute Gasteiger partial charge is 0.263 e. The summed E-state index contributed by atoms with van der Waals surface area (Å²) in [5.41, 5.74) is 4.00. The monoisotopic (exact) mass is 381 g/mol. The number of allylic oxidation sites excluding steroid dienone is 2. The van der Waals surface area contributed by atoms with Gasteiger partial charge in [0, 0.05) is 29.9 Å². The minimum absolute atomic E-state index is 0.139. The molecule has 1 saturated carbocycles. The third-order valence-corrected chi connectivity index (χ3v) is 4.87. The molecule has 2 atom stereocenters. The molecule has 2 aromatic heterocycles. The van der Waals surface area contributed by atoms with Crippen LogP contribution in [0.1, 0.15) is 45.9 Å². The van der Waals surface area contributed by atoms with Crippen LogP contribution in [0.5, 0.6) is 0 Å². The Kier molecular flexibility index (Phi) is 4.93. The van der Waals surface area contributed by atoms with E-state index in [4.69, 9.17) is 4.52 Å². The Hall–Kier alpha value is -3.03. The van der Waals surface area contributed by atoms with Gasteiger partial charge in [-0.1, -0.05) is 20.8 Å². The summed E-state index contributed by atoms with van der Waals surface area (Å²) < 4.78 is 5.36. The van der Waals surface area contributed by atoms with E-state index in [2.05, 4.69) is 52.0 Å². The molecular weight excluding hydrogens is 354 g/mol. The molecule has 4 rings (SSSR count). The van der Waals surface area contributed by atoms with Gasteiger partial charge in [-0.2, -0.15) is 4.98 Å². The fraction of sp³-hybridized carbons (Fsp3) is 0.450. The van der Waals surface area contributed by atoms with E-state index >= 15 is 0 Å². The summed E-state index contributed by atoms with van der Waals surface area (Å²) in [5.74, 6) is 2.12. The number of aromatic nitrogens is 3. The number of pyridine rings is 1. The lowest BCUT2D eigenvalue weighted by atomic mass is 9.97. The summed E-state index contributed by atoms with van der Waals surface area (Å²) in [6.07, 6.45) is 12.7. The summed E-state index contributed by atoms with van der Waals surface area (Å²) in [6, 6.07) is 4.76. The van der Waals surface area contributed by atoms with E-state index in [1.165, 1.54) is 0 Å². The molecule has 0 saturated heterocycles. The Morgan fingerprint density at radius 1 is 1.14 bits per heavy atom. The van der Waals surface area contributed by atoms with Crippen molar-refractivity contribution < 1.29 is 4.52 Å². The molecule has 2 aromatic rings. The summed E-state index contributed by atoms with van der Waals surface area (Å²) in [7, 11) is 0. The molecule has 0 unspecified atom stereocenters. The van der Waals surface area contributed by atoms with Crippen molar-refractivity contribution in [3.63, 3.8) is 0 Å². The van der Waals surface area contributed by atoms with Crippen LogP contribution >= 0.6 is 0 Å². The molecule has 0 radical (unpaired) electrons. The number of hydrogen-bond donors (Lipinski definition) is 3. The van der Waals surface area contributed by atoms with Crippen molar-refractivity contribution in [3.8, 4) is 0 Å². The Labute approximate surface area is 165 Å². The predicted molar refractivity (Wildman–Crippen MR) is 110 cm³/mol. The van der Waals surface area contributed by atoms with Crippen molar-refractivity contribution in [1.82, 2.24) is 20.6 Å². The topological polar surface area (TPSA) is 91.1 Å². The molecule has 0 aromatic carbocycles. The second-order valence-corrected chi connectivity index (χ2v) is 8.27. The maximum absolute atomic E-state index is 5.36. The third-order valence-electron chi connectivity index (χ3n) is 4.87. The van der Waals surface area contributed by atoms with Crippen LogP contribution in [0.25, 0.3) is 0 Å². The Morgan fingerprint density at radius 3 is 2.61 bits per heavy atom. The highest BCUT2D eigenvalue weighted by Gasteiger charge is 2.27. The van der Waals surface area contributed by atoms with Crippen LogP contribution in [-0.4, -0.2) is 27.2 Å². The van der Waals surface area contributed by atoms with Gasteiger partial charge in [0.1, 0.15) is 5.82 Å². The minimum atomic E-state index is -0.139. The fourth-order valence-corrected chi connectivity index (χ4v) is 3.35. The number of nitrogens with zero attached hydrogens (tertiary/aromatic N) is 4. The average molecular weight is 381 g/mol. The second-order valence-electron chi connectivity index (χ2n) is 8.27. The lowest BCUT2D eigenvalue weighted by molar-refractivity contribution is 0.321. The summed E-state index contributed by atoms with van der Waals surface area (Å²) >= 11 is 0. The van der Waals surface area contributed by atoms with E-state index in [9.17, 15) is 0 Å². The zero-order valence-electron chi connectivity index (χ0n) is 16.5. The standard InChI is InChI=1S/C20H27N7O/c1-20(2,3)18-25-19(26-28-18)24-15-7-6-14(12-15)23-17-9-8-16(13-21-17)27-11-5-4-10-22-27/h4-5,8-11,13-15,22H,6-7,12H2,1-3H3,(H,21,23)(H,24,26)/t14-,15-/m0/s1. The lowest BCUT2D eigenvalue weighted by Gasteiger charge is -2.22. The van der Waals surface area contributed by atoms with Gasteiger partial charge in [-0.15, -0.1) is 0 Å². The van der Waals surface area contributed by atoms with E-state index in [1.54, 1.807) is 0 Å². The minimum Gasteiger partial charge on any atom is -0.367 e. The van der Waals surface area contributed by atoms with Crippen LogP contribution in [0.3, 0.4) is 0 Å². The first-order valence-electron chi connectivity index (χ1n) is 9.69. The Balaban J connectivity index is 1.29. The maximum atomic E-state index is 5.36. The first-order valence-corrected chi connectivity index (χ1v) is 9.69. The van der Waals surface area contributed by atoms with Crippen molar-refractivity contribution in [2.75, 3.05) is 15.6 Å². The summed E-state index contributed by atoms with van der Waals surface area (Å²) in [5, 5.41) is 12.9. The normalized spacial score (nSPS) is 21.6. The molecule has 1 aliphatic heterocycles. The zero-order chi connectivity index (χ0) is 19.6. The van der Waals surface area contributed by atoms with Crippen LogP contribution in [0.2, 0.25) is 0 Å². The molecule has 1 aliphatic carbocycles. The van der Waals surface area contributed by atoms with E-state index < -0.39 is 0 Å². The quantitative estimate of drug-likeness (QED) is 0.724. The van der Waals surface area contributed by atoms with Crippen molar-refractivity contribution in [1.29, 1.82) is 0 Å². The molecule has 0 bridgehead atoms. The highest BCUT2D eigenvalue weighted by atomic mass is 16.5. The van der Waals surface area contributed by atoms with Gasteiger partial charge in [-0.05, 0) is 48.7 Å². The molecule has 8 heteroatoms. The average Bonchev–Trinajstić information content (AvgIpc) is 3.33. The highest BCUT2D eigenvalue weighted by molar-refractivity contribution is 5.52. The van der Waals surface area contributed by atoms with Crippen LogP contribution in [0.15, 0.2) is 47.4 Å². The van der Waals surface area contributed by atoms with E-state index in [-0.39, 0.29) is 5.41 Å². The predicted octanol–water partition coefficient (Wildman–Crippen LogP) is 3.56.